The zero-order chi connectivity index (χ0) is 22.7. The molecule has 0 aliphatic carbocycles. The van der Waals surface area contributed by atoms with Crippen molar-refractivity contribution < 1.29 is 14.3 Å². The molecular weight excluding hydrogens is 402 g/mol. The van der Waals surface area contributed by atoms with Gasteiger partial charge in [0, 0.05) is 38.8 Å². The lowest BCUT2D eigenvalue weighted by molar-refractivity contribution is -0.130. The van der Waals surface area contributed by atoms with Crippen LogP contribution >= 0.6 is 0 Å². The fourth-order valence-electron chi connectivity index (χ4n) is 4.27. The number of piperazine rings is 1. The number of para-hydroxylation sites is 2. The lowest BCUT2D eigenvalue weighted by atomic mass is 10.1. The summed E-state index contributed by atoms with van der Waals surface area (Å²) in [6.07, 6.45) is 0. The first kappa shape index (κ1) is 21.7. The fourth-order valence-corrected chi connectivity index (χ4v) is 4.27. The molecule has 2 heterocycles. The van der Waals surface area contributed by atoms with E-state index in [1.54, 1.807) is 11.8 Å². The van der Waals surface area contributed by atoms with Crippen LogP contribution in [0.25, 0.3) is 16.9 Å². The molecule has 4 rings (SSSR count). The van der Waals surface area contributed by atoms with E-state index in [0.717, 1.165) is 28.4 Å². The first-order valence-electron chi connectivity index (χ1n) is 11.1. The summed E-state index contributed by atoms with van der Waals surface area (Å²) in [6, 6.07) is 20.0. The molecule has 0 spiro atoms. The SMILES string of the molecule is CCOc1ccccc1-n1c(-c2ccccc2)cc(C(=O)N2CCN(C(C)=O)CC2)c1C. The Hall–Kier alpha value is -3.54. The topological polar surface area (TPSA) is 54.8 Å². The Labute approximate surface area is 189 Å². The average molecular weight is 432 g/mol. The maximum absolute atomic E-state index is 13.5. The molecule has 0 bridgehead atoms. The van der Waals surface area contributed by atoms with Gasteiger partial charge >= 0.3 is 0 Å². The Bertz CT molecular complexity index is 1110. The Kier molecular flexibility index (Phi) is 6.30. The van der Waals surface area contributed by atoms with Gasteiger partial charge in [0.25, 0.3) is 5.91 Å². The van der Waals surface area contributed by atoms with Crippen molar-refractivity contribution in [3.8, 4) is 22.7 Å². The van der Waals surface area contributed by atoms with E-state index in [1.165, 1.54) is 0 Å². The lowest BCUT2D eigenvalue weighted by Gasteiger charge is -2.34. The van der Waals surface area contributed by atoms with Gasteiger partial charge in [-0.15, -0.1) is 0 Å². The van der Waals surface area contributed by atoms with Crippen molar-refractivity contribution in [3.05, 3.63) is 71.9 Å². The summed E-state index contributed by atoms with van der Waals surface area (Å²) < 4.78 is 8.01. The van der Waals surface area contributed by atoms with Crippen LogP contribution in [0, 0.1) is 6.92 Å². The Morgan fingerprint density at radius 2 is 1.53 bits per heavy atom. The van der Waals surface area contributed by atoms with Crippen molar-refractivity contribution in [3.63, 3.8) is 0 Å². The van der Waals surface area contributed by atoms with Crippen LogP contribution in [0.15, 0.2) is 60.7 Å². The number of hydrogen-bond donors (Lipinski definition) is 0. The van der Waals surface area contributed by atoms with Crippen molar-refractivity contribution in [1.82, 2.24) is 14.4 Å². The maximum atomic E-state index is 13.5. The molecule has 2 aromatic carbocycles. The quantitative estimate of drug-likeness (QED) is 0.610. The van der Waals surface area contributed by atoms with E-state index in [4.69, 9.17) is 4.74 Å². The second-order valence-electron chi connectivity index (χ2n) is 7.93. The molecule has 0 radical (unpaired) electrons. The van der Waals surface area contributed by atoms with Crippen molar-refractivity contribution in [2.24, 2.45) is 0 Å². The number of aromatic nitrogens is 1. The normalized spacial score (nSPS) is 13.8. The average Bonchev–Trinajstić information content (AvgIpc) is 3.16. The van der Waals surface area contributed by atoms with Gasteiger partial charge in [-0.1, -0.05) is 42.5 Å². The summed E-state index contributed by atoms with van der Waals surface area (Å²) in [5.74, 6) is 0.828. The van der Waals surface area contributed by atoms with E-state index in [-0.39, 0.29) is 11.8 Å². The van der Waals surface area contributed by atoms with Crippen molar-refractivity contribution >= 4 is 11.8 Å². The molecular formula is C26H29N3O3. The summed E-state index contributed by atoms with van der Waals surface area (Å²) in [5.41, 5.74) is 4.43. The van der Waals surface area contributed by atoms with E-state index >= 15 is 0 Å². The summed E-state index contributed by atoms with van der Waals surface area (Å²) in [5, 5.41) is 0. The molecule has 1 aromatic heterocycles. The van der Waals surface area contributed by atoms with Crippen LogP contribution in [-0.4, -0.2) is 59.0 Å². The number of benzene rings is 2. The van der Waals surface area contributed by atoms with Crippen molar-refractivity contribution in [2.75, 3.05) is 32.8 Å². The van der Waals surface area contributed by atoms with Gasteiger partial charge < -0.3 is 19.1 Å². The Morgan fingerprint density at radius 1 is 0.906 bits per heavy atom. The van der Waals surface area contributed by atoms with Gasteiger partial charge in [0.05, 0.1) is 23.6 Å². The second kappa shape index (κ2) is 9.30. The van der Waals surface area contributed by atoms with Crippen molar-refractivity contribution in [1.29, 1.82) is 0 Å². The highest BCUT2D eigenvalue weighted by atomic mass is 16.5. The third-order valence-corrected chi connectivity index (χ3v) is 5.97. The Morgan fingerprint density at radius 3 is 2.19 bits per heavy atom. The van der Waals surface area contributed by atoms with E-state index in [9.17, 15) is 9.59 Å². The molecule has 1 aliphatic rings. The van der Waals surface area contributed by atoms with Crippen LogP contribution in [0.2, 0.25) is 0 Å². The highest BCUT2D eigenvalue weighted by Crippen LogP contribution is 2.34. The summed E-state index contributed by atoms with van der Waals surface area (Å²) in [6.45, 7) is 8.30. The molecule has 1 aliphatic heterocycles. The van der Waals surface area contributed by atoms with Crippen LogP contribution in [0.5, 0.6) is 5.75 Å². The van der Waals surface area contributed by atoms with Gasteiger partial charge in [-0.3, -0.25) is 9.59 Å². The molecule has 32 heavy (non-hydrogen) atoms. The molecule has 0 saturated carbocycles. The predicted octanol–water partition coefficient (Wildman–Crippen LogP) is 4.16. The molecule has 1 saturated heterocycles. The molecule has 3 aromatic rings. The Balaban J connectivity index is 1.78. The van der Waals surface area contributed by atoms with E-state index < -0.39 is 0 Å². The summed E-state index contributed by atoms with van der Waals surface area (Å²) in [4.78, 5) is 28.8. The molecule has 2 amide bonds. The monoisotopic (exact) mass is 431 g/mol. The van der Waals surface area contributed by atoms with Crippen LogP contribution in [0.3, 0.4) is 0 Å². The first-order chi connectivity index (χ1) is 15.5. The van der Waals surface area contributed by atoms with Crippen LogP contribution < -0.4 is 4.74 Å². The van der Waals surface area contributed by atoms with Crippen molar-refractivity contribution in [2.45, 2.75) is 20.8 Å². The summed E-state index contributed by atoms with van der Waals surface area (Å²) in [7, 11) is 0. The molecule has 1 fully saturated rings. The highest BCUT2D eigenvalue weighted by Gasteiger charge is 2.27. The zero-order valence-electron chi connectivity index (χ0n) is 18.9. The zero-order valence-corrected chi connectivity index (χ0v) is 18.9. The molecule has 6 heteroatoms. The number of nitrogens with zero attached hydrogens (tertiary/aromatic N) is 3. The standard InChI is InChI=1S/C26H29N3O3/c1-4-32-25-13-9-8-12-23(25)29-19(2)22(18-24(29)21-10-6-5-7-11-21)26(31)28-16-14-27(15-17-28)20(3)30/h5-13,18H,4,14-17H2,1-3H3. The number of ether oxygens (including phenoxy) is 1. The van der Waals surface area contributed by atoms with Gasteiger partial charge in [-0.2, -0.15) is 0 Å². The molecule has 6 nitrogen and oxygen atoms in total. The molecule has 0 N–H and O–H groups in total. The van der Waals surface area contributed by atoms with Gasteiger partial charge in [0.1, 0.15) is 5.75 Å². The minimum absolute atomic E-state index is 0.00414. The number of carbonyl (C=O) groups excluding carboxylic acids is 2. The van der Waals surface area contributed by atoms with E-state index in [1.807, 2.05) is 67.3 Å². The minimum atomic E-state index is -0.00414. The lowest BCUT2D eigenvalue weighted by Crippen LogP contribution is -2.50. The van der Waals surface area contributed by atoms with Crippen LogP contribution in [-0.2, 0) is 4.79 Å². The fraction of sp³-hybridized carbons (Fsp3) is 0.308. The van der Waals surface area contributed by atoms with E-state index in [0.29, 0.717) is 38.3 Å². The van der Waals surface area contributed by atoms with E-state index in [2.05, 4.69) is 16.7 Å². The number of amides is 2. The third kappa shape index (κ3) is 4.13. The second-order valence-corrected chi connectivity index (χ2v) is 7.93. The van der Waals surface area contributed by atoms with Gasteiger partial charge in [0.15, 0.2) is 0 Å². The third-order valence-electron chi connectivity index (χ3n) is 5.97. The highest BCUT2D eigenvalue weighted by molar-refractivity contribution is 5.97. The van der Waals surface area contributed by atoms with Gasteiger partial charge in [-0.25, -0.2) is 0 Å². The molecule has 0 unspecified atom stereocenters. The maximum Gasteiger partial charge on any atom is 0.255 e. The largest absolute Gasteiger partial charge is 0.492 e. The molecule has 166 valence electrons. The summed E-state index contributed by atoms with van der Waals surface area (Å²) >= 11 is 0. The minimum Gasteiger partial charge on any atom is -0.492 e. The van der Waals surface area contributed by atoms with Gasteiger partial charge in [-0.05, 0) is 37.6 Å². The van der Waals surface area contributed by atoms with Crippen LogP contribution in [0.4, 0.5) is 0 Å². The predicted molar refractivity (Wildman–Crippen MR) is 125 cm³/mol. The number of hydrogen-bond acceptors (Lipinski definition) is 3. The smallest absolute Gasteiger partial charge is 0.255 e. The number of rotatable bonds is 5. The van der Waals surface area contributed by atoms with Gasteiger partial charge in [0.2, 0.25) is 5.91 Å². The first-order valence-corrected chi connectivity index (χ1v) is 11.1. The number of carbonyl (C=O) groups is 2. The van der Waals surface area contributed by atoms with Crippen LogP contribution in [0.1, 0.15) is 29.9 Å². The molecule has 0 atom stereocenters.